The molecule has 0 saturated carbocycles. The smallest absolute Gasteiger partial charge is 0.244 e. The van der Waals surface area contributed by atoms with Gasteiger partial charge in [-0.15, -0.1) is 0 Å². The molecule has 0 atom stereocenters. The minimum Gasteiger partial charge on any atom is -0.341 e. The van der Waals surface area contributed by atoms with Crippen LogP contribution in [-0.4, -0.2) is 33.7 Å². The third-order valence-electron chi connectivity index (χ3n) is 4.50. The van der Waals surface area contributed by atoms with Gasteiger partial charge in [-0.25, -0.2) is 0 Å². The third-order valence-corrected chi connectivity index (χ3v) is 4.74. The second kappa shape index (κ2) is 6.29. The maximum absolute atomic E-state index is 12.5. The van der Waals surface area contributed by atoms with Crippen molar-refractivity contribution in [2.24, 2.45) is 0 Å². The summed E-state index contributed by atoms with van der Waals surface area (Å²) < 4.78 is 1.80. The number of hydrogen-bond acceptors (Lipinski definition) is 2. The van der Waals surface area contributed by atoms with Crippen LogP contribution in [0.4, 0.5) is 0 Å². The number of hydrogen-bond donors (Lipinski definition) is 0. The summed E-state index contributed by atoms with van der Waals surface area (Å²) in [6.07, 6.45) is 2.19. The quantitative estimate of drug-likeness (QED) is 0.724. The summed E-state index contributed by atoms with van der Waals surface area (Å²) in [4.78, 5) is 14.4. The first-order valence-corrected chi connectivity index (χ1v) is 8.59. The summed E-state index contributed by atoms with van der Waals surface area (Å²) in [5.41, 5.74) is 2.82. The lowest BCUT2D eigenvalue weighted by atomic mass is 10.1. The average Bonchev–Trinajstić information content (AvgIpc) is 3.24. The standard InChI is InChI=1S/C19H18ClN3O/c20-15-8-9-17-16(12-15)19(14-6-2-1-3-7-14)21-23(17)13-18(24)22-10-4-5-11-22/h1-3,6-9,12H,4-5,10-11,13H2. The summed E-state index contributed by atoms with van der Waals surface area (Å²) in [5, 5.41) is 6.37. The molecule has 1 saturated heterocycles. The molecule has 24 heavy (non-hydrogen) atoms. The van der Waals surface area contributed by atoms with E-state index >= 15 is 0 Å². The Kier molecular flexibility index (Phi) is 3.98. The average molecular weight is 340 g/mol. The highest BCUT2D eigenvalue weighted by Gasteiger charge is 2.20. The molecule has 0 unspecified atom stereocenters. The van der Waals surface area contributed by atoms with Crippen molar-refractivity contribution in [2.45, 2.75) is 19.4 Å². The molecule has 0 bridgehead atoms. The molecule has 1 aromatic heterocycles. The van der Waals surface area contributed by atoms with E-state index < -0.39 is 0 Å². The Bertz CT molecular complexity index is 882. The van der Waals surface area contributed by atoms with Gasteiger partial charge in [-0.05, 0) is 31.0 Å². The maximum Gasteiger partial charge on any atom is 0.244 e. The van der Waals surface area contributed by atoms with Gasteiger partial charge in [0.05, 0.1) is 5.52 Å². The molecule has 0 aliphatic carbocycles. The van der Waals surface area contributed by atoms with Crippen LogP contribution in [0.1, 0.15) is 12.8 Å². The first kappa shape index (κ1) is 15.2. The molecule has 4 rings (SSSR count). The Morgan fingerprint density at radius 3 is 2.58 bits per heavy atom. The van der Waals surface area contributed by atoms with E-state index in [-0.39, 0.29) is 12.5 Å². The van der Waals surface area contributed by atoms with Crippen molar-refractivity contribution in [3.05, 3.63) is 53.6 Å². The number of carbonyl (C=O) groups is 1. The number of benzene rings is 2. The number of halogens is 1. The highest BCUT2D eigenvalue weighted by molar-refractivity contribution is 6.31. The zero-order valence-corrected chi connectivity index (χ0v) is 14.0. The van der Waals surface area contributed by atoms with Crippen molar-refractivity contribution in [1.82, 2.24) is 14.7 Å². The molecule has 4 nitrogen and oxygen atoms in total. The number of amides is 1. The third kappa shape index (κ3) is 2.78. The van der Waals surface area contributed by atoms with Gasteiger partial charge in [0.1, 0.15) is 12.2 Å². The largest absolute Gasteiger partial charge is 0.341 e. The van der Waals surface area contributed by atoms with Gasteiger partial charge in [0.15, 0.2) is 0 Å². The zero-order valence-electron chi connectivity index (χ0n) is 13.3. The molecule has 2 heterocycles. The molecule has 3 aromatic rings. The summed E-state index contributed by atoms with van der Waals surface area (Å²) in [6.45, 7) is 1.98. The van der Waals surface area contributed by atoms with Crippen LogP contribution in [0.15, 0.2) is 48.5 Å². The van der Waals surface area contributed by atoms with E-state index in [1.165, 1.54) is 0 Å². The van der Waals surface area contributed by atoms with E-state index in [0.717, 1.165) is 48.1 Å². The number of rotatable bonds is 3. The summed E-state index contributed by atoms with van der Waals surface area (Å²) in [5.74, 6) is 0.131. The highest BCUT2D eigenvalue weighted by atomic mass is 35.5. The van der Waals surface area contributed by atoms with Crippen molar-refractivity contribution in [2.75, 3.05) is 13.1 Å². The fraction of sp³-hybridized carbons (Fsp3) is 0.263. The lowest BCUT2D eigenvalue weighted by Gasteiger charge is -2.15. The lowest BCUT2D eigenvalue weighted by Crippen LogP contribution is -2.31. The van der Waals surface area contributed by atoms with Crippen molar-refractivity contribution < 1.29 is 4.79 Å². The van der Waals surface area contributed by atoms with Crippen molar-refractivity contribution in [3.8, 4) is 11.3 Å². The van der Waals surface area contributed by atoms with Crippen molar-refractivity contribution >= 4 is 28.4 Å². The molecule has 1 aliphatic heterocycles. The summed E-state index contributed by atoms with van der Waals surface area (Å²) >= 11 is 6.18. The molecule has 0 radical (unpaired) electrons. The Morgan fingerprint density at radius 2 is 1.83 bits per heavy atom. The minimum absolute atomic E-state index is 0.131. The van der Waals surface area contributed by atoms with E-state index in [4.69, 9.17) is 16.7 Å². The zero-order chi connectivity index (χ0) is 16.5. The normalized spacial score (nSPS) is 14.5. The van der Waals surface area contributed by atoms with Crippen LogP contribution in [0.2, 0.25) is 5.02 Å². The van der Waals surface area contributed by atoms with Crippen LogP contribution in [0.25, 0.3) is 22.2 Å². The summed E-state index contributed by atoms with van der Waals surface area (Å²) in [7, 11) is 0. The van der Waals surface area contributed by atoms with E-state index in [9.17, 15) is 4.79 Å². The van der Waals surface area contributed by atoms with E-state index in [2.05, 4.69) is 0 Å². The topological polar surface area (TPSA) is 38.1 Å². The minimum atomic E-state index is 0.131. The van der Waals surface area contributed by atoms with Crippen molar-refractivity contribution in [1.29, 1.82) is 0 Å². The fourth-order valence-electron chi connectivity index (χ4n) is 3.28. The molecule has 5 heteroatoms. The molecule has 1 aliphatic rings. The second-order valence-corrected chi connectivity index (χ2v) is 6.56. The SMILES string of the molecule is O=C(Cn1nc(-c2ccccc2)c2cc(Cl)ccc21)N1CCCC1. The predicted octanol–water partition coefficient (Wildman–Crippen LogP) is 3.98. The number of carbonyl (C=O) groups excluding carboxylic acids is 1. The molecular formula is C19H18ClN3O. The van der Waals surface area contributed by atoms with Crippen LogP contribution in [-0.2, 0) is 11.3 Å². The Hall–Kier alpha value is -2.33. The van der Waals surface area contributed by atoms with E-state index in [1.54, 1.807) is 4.68 Å². The number of aromatic nitrogens is 2. The number of fused-ring (bicyclic) bond motifs is 1. The molecule has 1 fully saturated rings. The molecule has 0 spiro atoms. The number of nitrogens with zero attached hydrogens (tertiary/aromatic N) is 3. The number of likely N-dealkylation sites (tertiary alicyclic amines) is 1. The van der Waals surface area contributed by atoms with Gasteiger partial charge in [-0.1, -0.05) is 41.9 Å². The molecule has 2 aromatic carbocycles. The van der Waals surface area contributed by atoms with Crippen LogP contribution in [0, 0.1) is 0 Å². The van der Waals surface area contributed by atoms with Gasteiger partial charge < -0.3 is 4.90 Å². The van der Waals surface area contributed by atoms with Crippen molar-refractivity contribution in [3.63, 3.8) is 0 Å². The second-order valence-electron chi connectivity index (χ2n) is 6.12. The monoisotopic (exact) mass is 339 g/mol. The van der Waals surface area contributed by atoms with Crippen LogP contribution in [0.5, 0.6) is 0 Å². The maximum atomic E-state index is 12.5. The van der Waals surface area contributed by atoms with Gasteiger partial charge in [0.25, 0.3) is 0 Å². The molecule has 1 amide bonds. The molecular weight excluding hydrogens is 322 g/mol. The summed E-state index contributed by atoms with van der Waals surface area (Å²) in [6, 6.07) is 15.7. The highest BCUT2D eigenvalue weighted by Crippen LogP contribution is 2.30. The van der Waals surface area contributed by atoms with Gasteiger partial charge in [0, 0.05) is 29.1 Å². The Morgan fingerprint density at radius 1 is 1.08 bits per heavy atom. The van der Waals surface area contributed by atoms with Crippen LogP contribution < -0.4 is 0 Å². The molecule has 0 N–H and O–H groups in total. The van der Waals surface area contributed by atoms with Gasteiger partial charge in [-0.3, -0.25) is 9.48 Å². The first-order chi connectivity index (χ1) is 11.7. The van der Waals surface area contributed by atoms with Gasteiger partial charge in [-0.2, -0.15) is 5.10 Å². The lowest BCUT2D eigenvalue weighted by molar-refractivity contribution is -0.130. The van der Waals surface area contributed by atoms with Gasteiger partial charge >= 0.3 is 0 Å². The first-order valence-electron chi connectivity index (χ1n) is 8.21. The Labute approximate surface area is 145 Å². The molecule has 122 valence electrons. The van der Waals surface area contributed by atoms with E-state index in [1.807, 2.05) is 53.4 Å². The van der Waals surface area contributed by atoms with E-state index in [0.29, 0.717) is 5.02 Å². The Balaban J connectivity index is 1.77. The van der Waals surface area contributed by atoms with Crippen LogP contribution in [0.3, 0.4) is 0 Å². The fourth-order valence-corrected chi connectivity index (χ4v) is 3.45. The predicted molar refractivity (Wildman–Crippen MR) is 96.0 cm³/mol. The van der Waals surface area contributed by atoms with Gasteiger partial charge in [0.2, 0.25) is 5.91 Å². The van der Waals surface area contributed by atoms with Crippen LogP contribution >= 0.6 is 11.6 Å².